The van der Waals surface area contributed by atoms with Gasteiger partial charge in [-0.1, -0.05) is 18.2 Å². The van der Waals surface area contributed by atoms with E-state index in [0.717, 1.165) is 5.56 Å². The normalized spacial score (nSPS) is 10.8. The minimum Gasteiger partial charge on any atom is -0.496 e. The lowest BCUT2D eigenvalue weighted by atomic mass is 9.83. The molecule has 0 unspecified atom stereocenters. The van der Waals surface area contributed by atoms with Crippen molar-refractivity contribution in [2.45, 2.75) is 25.7 Å². The van der Waals surface area contributed by atoms with Gasteiger partial charge in [-0.3, -0.25) is 14.4 Å². The van der Waals surface area contributed by atoms with Gasteiger partial charge in [0.1, 0.15) is 5.75 Å². The summed E-state index contributed by atoms with van der Waals surface area (Å²) in [5.41, 5.74) is 0.867. The molecule has 2 aromatic carbocycles. The summed E-state index contributed by atoms with van der Waals surface area (Å²) in [6.45, 7) is 3.68. The highest BCUT2D eigenvalue weighted by Gasteiger charge is 2.32. The van der Waals surface area contributed by atoms with Crippen LogP contribution in [0.25, 0.3) is 0 Å². The Labute approximate surface area is 163 Å². The second-order valence-electron chi connectivity index (χ2n) is 6.76. The van der Waals surface area contributed by atoms with Gasteiger partial charge in [0.05, 0.1) is 18.9 Å². The highest BCUT2D eigenvalue weighted by molar-refractivity contribution is 6.00. The van der Waals surface area contributed by atoms with E-state index in [9.17, 15) is 14.4 Å². The molecule has 2 amide bonds. The summed E-state index contributed by atoms with van der Waals surface area (Å²) in [6, 6.07) is 13.8. The van der Waals surface area contributed by atoms with Crippen LogP contribution in [-0.2, 0) is 15.0 Å². The number of aliphatic carboxylic acids is 1. The number of rotatable bonds is 8. The third kappa shape index (κ3) is 5.09. The van der Waals surface area contributed by atoms with Crippen LogP contribution in [0.5, 0.6) is 5.75 Å². The number of anilines is 1. The summed E-state index contributed by atoms with van der Waals surface area (Å²) in [4.78, 5) is 35.3. The molecule has 3 N–H and O–H groups in total. The van der Waals surface area contributed by atoms with Gasteiger partial charge in [-0.25, -0.2) is 0 Å². The lowest BCUT2D eigenvalue weighted by molar-refractivity contribution is -0.136. The van der Waals surface area contributed by atoms with Crippen molar-refractivity contribution in [1.29, 1.82) is 0 Å². The van der Waals surface area contributed by atoms with Crippen molar-refractivity contribution < 1.29 is 24.2 Å². The lowest BCUT2D eigenvalue weighted by Crippen LogP contribution is -2.35. The number of para-hydroxylation sites is 1. The Morgan fingerprint density at radius 2 is 1.68 bits per heavy atom. The Balaban J connectivity index is 2.06. The molecule has 0 aliphatic rings. The van der Waals surface area contributed by atoms with Crippen molar-refractivity contribution in [2.75, 3.05) is 19.0 Å². The number of carboxylic acids is 1. The van der Waals surface area contributed by atoms with Crippen LogP contribution in [-0.4, -0.2) is 36.5 Å². The summed E-state index contributed by atoms with van der Waals surface area (Å²) in [5, 5.41) is 14.0. The average molecular weight is 384 g/mol. The summed E-state index contributed by atoms with van der Waals surface area (Å²) >= 11 is 0. The lowest BCUT2D eigenvalue weighted by Gasteiger charge is -2.26. The fourth-order valence-electron chi connectivity index (χ4n) is 2.66. The summed E-state index contributed by atoms with van der Waals surface area (Å²) in [6.07, 6.45) is -0.141. The zero-order chi connectivity index (χ0) is 20.7. The second kappa shape index (κ2) is 9.03. The molecule has 0 aliphatic heterocycles. The van der Waals surface area contributed by atoms with Gasteiger partial charge in [0.25, 0.3) is 5.91 Å². The number of carbonyl (C=O) groups is 3. The van der Waals surface area contributed by atoms with Gasteiger partial charge in [0.15, 0.2) is 0 Å². The van der Waals surface area contributed by atoms with E-state index in [-0.39, 0.29) is 24.8 Å². The maximum atomic E-state index is 12.8. The number of hydrogen-bond acceptors (Lipinski definition) is 4. The molecule has 0 bridgehead atoms. The quantitative estimate of drug-likeness (QED) is 0.649. The van der Waals surface area contributed by atoms with Crippen molar-refractivity contribution in [3.05, 3.63) is 59.7 Å². The standard InChI is InChI=1S/C21H24N2O5/c1-21(2,16-6-4-5-7-17(16)28-3)20(27)23-15-10-8-14(9-11-15)19(26)22-13-12-18(24)25/h4-11H,12-13H2,1-3H3,(H,22,26)(H,23,27)(H,24,25). The first-order valence-electron chi connectivity index (χ1n) is 8.80. The minimum atomic E-state index is -0.976. The molecule has 0 spiro atoms. The number of amides is 2. The maximum Gasteiger partial charge on any atom is 0.305 e. The van der Waals surface area contributed by atoms with Crippen molar-refractivity contribution in [2.24, 2.45) is 0 Å². The van der Waals surface area contributed by atoms with E-state index in [1.54, 1.807) is 31.4 Å². The molecule has 2 rings (SSSR count). The molecule has 0 fully saturated rings. The van der Waals surface area contributed by atoms with Crippen LogP contribution < -0.4 is 15.4 Å². The first-order valence-corrected chi connectivity index (χ1v) is 8.80. The zero-order valence-corrected chi connectivity index (χ0v) is 16.1. The van der Waals surface area contributed by atoms with Crippen LogP contribution in [0.2, 0.25) is 0 Å². The van der Waals surface area contributed by atoms with Crippen molar-refractivity contribution >= 4 is 23.5 Å². The Bertz CT molecular complexity index is 859. The number of carboxylic acid groups (broad SMARTS) is 1. The van der Waals surface area contributed by atoms with Gasteiger partial charge in [-0.2, -0.15) is 0 Å². The first-order chi connectivity index (χ1) is 13.3. The molecule has 0 heterocycles. The molecule has 0 saturated heterocycles. The Kier molecular flexibility index (Phi) is 6.76. The van der Waals surface area contributed by atoms with Crippen LogP contribution >= 0.6 is 0 Å². The van der Waals surface area contributed by atoms with Gasteiger partial charge >= 0.3 is 5.97 Å². The molecule has 148 valence electrons. The van der Waals surface area contributed by atoms with Crippen LogP contribution in [0, 0.1) is 0 Å². The average Bonchev–Trinajstić information content (AvgIpc) is 2.68. The van der Waals surface area contributed by atoms with Crippen LogP contribution in [0.4, 0.5) is 5.69 Å². The van der Waals surface area contributed by atoms with Gasteiger partial charge in [-0.15, -0.1) is 0 Å². The predicted octanol–water partition coefficient (Wildman–Crippen LogP) is 2.82. The molecule has 0 atom stereocenters. The van der Waals surface area contributed by atoms with Gasteiger partial charge in [-0.05, 0) is 44.2 Å². The predicted molar refractivity (Wildman–Crippen MR) is 106 cm³/mol. The number of methoxy groups -OCH3 is 1. The molecular formula is C21H24N2O5. The van der Waals surface area contributed by atoms with E-state index in [1.165, 1.54) is 0 Å². The van der Waals surface area contributed by atoms with Gasteiger partial charge in [0, 0.05) is 23.4 Å². The van der Waals surface area contributed by atoms with Crippen LogP contribution in [0.15, 0.2) is 48.5 Å². The van der Waals surface area contributed by atoms with Crippen molar-refractivity contribution in [3.8, 4) is 5.75 Å². The van der Waals surface area contributed by atoms with Gasteiger partial charge < -0.3 is 20.5 Å². The highest BCUT2D eigenvalue weighted by atomic mass is 16.5. The molecule has 2 aromatic rings. The van der Waals surface area contributed by atoms with E-state index in [4.69, 9.17) is 9.84 Å². The number of carbonyl (C=O) groups excluding carboxylic acids is 2. The largest absolute Gasteiger partial charge is 0.496 e. The summed E-state index contributed by atoms with van der Waals surface area (Å²) in [7, 11) is 1.56. The third-order valence-corrected chi connectivity index (χ3v) is 4.38. The van der Waals surface area contributed by atoms with Crippen molar-refractivity contribution in [1.82, 2.24) is 5.32 Å². The van der Waals surface area contributed by atoms with Crippen LogP contribution in [0.1, 0.15) is 36.2 Å². The Morgan fingerprint density at radius 1 is 1.04 bits per heavy atom. The van der Waals surface area contributed by atoms with Crippen LogP contribution in [0.3, 0.4) is 0 Å². The molecular weight excluding hydrogens is 360 g/mol. The maximum absolute atomic E-state index is 12.8. The number of nitrogens with one attached hydrogen (secondary N) is 2. The van der Waals surface area contributed by atoms with E-state index in [0.29, 0.717) is 17.0 Å². The molecule has 0 saturated carbocycles. The SMILES string of the molecule is COc1ccccc1C(C)(C)C(=O)Nc1ccc(C(=O)NCCC(=O)O)cc1. The van der Waals surface area contributed by atoms with E-state index in [1.807, 2.05) is 38.1 Å². The number of ether oxygens (including phenoxy) is 1. The Hall–Kier alpha value is -3.35. The Morgan fingerprint density at radius 3 is 2.29 bits per heavy atom. The molecule has 7 heteroatoms. The van der Waals surface area contributed by atoms with Crippen molar-refractivity contribution in [3.63, 3.8) is 0 Å². The van der Waals surface area contributed by atoms with Gasteiger partial charge in [0.2, 0.25) is 5.91 Å². The molecule has 0 radical (unpaired) electrons. The molecule has 0 aliphatic carbocycles. The number of benzene rings is 2. The summed E-state index contributed by atoms with van der Waals surface area (Å²) in [5.74, 6) is -0.920. The topological polar surface area (TPSA) is 105 Å². The minimum absolute atomic E-state index is 0.0553. The smallest absolute Gasteiger partial charge is 0.305 e. The molecule has 7 nitrogen and oxygen atoms in total. The monoisotopic (exact) mass is 384 g/mol. The fourth-order valence-corrected chi connectivity index (χ4v) is 2.66. The molecule has 0 aromatic heterocycles. The van der Waals surface area contributed by atoms with E-state index in [2.05, 4.69) is 10.6 Å². The first kappa shape index (κ1) is 21.0. The van der Waals surface area contributed by atoms with E-state index < -0.39 is 11.4 Å². The number of hydrogen-bond donors (Lipinski definition) is 3. The third-order valence-electron chi connectivity index (χ3n) is 4.38. The fraction of sp³-hybridized carbons (Fsp3) is 0.286. The van der Waals surface area contributed by atoms with E-state index >= 15 is 0 Å². The highest BCUT2D eigenvalue weighted by Crippen LogP contribution is 2.32. The zero-order valence-electron chi connectivity index (χ0n) is 16.1. The second-order valence-corrected chi connectivity index (χ2v) is 6.76. The molecule has 28 heavy (non-hydrogen) atoms. The summed E-state index contributed by atoms with van der Waals surface area (Å²) < 4.78 is 5.36.